The van der Waals surface area contributed by atoms with E-state index in [0.717, 1.165) is 22.8 Å². The van der Waals surface area contributed by atoms with Crippen molar-refractivity contribution in [1.82, 2.24) is 9.88 Å². The molecule has 8 nitrogen and oxygen atoms in total. The fourth-order valence-corrected chi connectivity index (χ4v) is 5.85. The van der Waals surface area contributed by atoms with Crippen LogP contribution < -0.4 is 10.9 Å². The molecule has 2 aromatic carbocycles. The van der Waals surface area contributed by atoms with Crippen molar-refractivity contribution in [1.29, 1.82) is 0 Å². The zero-order valence-electron chi connectivity index (χ0n) is 20.8. The number of hydrogen-bond donors (Lipinski definition) is 2. The number of alkyl halides is 3. The Hall–Kier alpha value is -3.93. The maximum atomic E-state index is 13.4. The van der Waals surface area contributed by atoms with Gasteiger partial charge in [0, 0.05) is 24.3 Å². The Balaban J connectivity index is 1.65. The molecule has 1 aromatic heterocycles. The molecule has 4 rings (SSSR count). The Kier molecular flexibility index (Phi) is 7.69. The molecule has 3 aromatic rings. The molecule has 0 atom stereocenters. The monoisotopic (exact) mass is 562 g/mol. The van der Waals surface area contributed by atoms with Gasteiger partial charge in [-0.3, -0.25) is 19.0 Å². The normalized spacial score (nSPS) is 13.7. The topological polar surface area (TPSA) is 123 Å². The summed E-state index contributed by atoms with van der Waals surface area (Å²) < 4.78 is 65.7. The number of aryl methyl sites for hydroxylation is 1. The lowest BCUT2D eigenvalue weighted by Gasteiger charge is -2.18. The molecule has 2 N–H and O–H groups in total. The van der Waals surface area contributed by atoms with Crippen molar-refractivity contribution in [2.75, 3.05) is 0 Å². The summed E-state index contributed by atoms with van der Waals surface area (Å²) in [5, 5.41) is 11.3. The number of nitrogens with one attached hydrogen (secondary N) is 1. The van der Waals surface area contributed by atoms with E-state index in [2.05, 4.69) is 5.32 Å². The van der Waals surface area contributed by atoms with Crippen LogP contribution in [0.25, 0.3) is 5.69 Å². The highest BCUT2D eigenvalue weighted by Crippen LogP contribution is 2.33. The van der Waals surface area contributed by atoms with E-state index in [1.165, 1.54) is 31.2 Å². The summed E-state index contributed by atoms with van der Waals surface area (Å²) in [6.45, 7) is 1.42. The van der Waals surface area contributed by atoms with E-state index in [4.69, 9.17) is 5.11 Å². The molecule has 0 aliphatic heterocycles. The number of carboxylic acid groups (broad SMARTS) is 1. The minimum absolute atomic E-state index is 0.0517. The van der Waals surface area contributed by atoms with Gasteiger partial charge >= 0.3 is 12.1 Å². The van der Waals surface area contributed by atoms with Crippen LogP contribution in [0.1, 0.15) is 52.0 Å². The first kappa shape index (κ1) is 28.1. The average Bonchev–Trinajstić information content (AvgIpc) is 3.73. The van der Waals surface area contributed by atoms with Gasteiger partial charge in [-0.15, -0.1) is 0 Å². The second kappa shape index (κ2) is 10.7. The molecule has 1 aliphatic rings. The zero-order chi connectivity index (χ0) is 28.5. The number of pyridine rings is 1. The summed E-state index contributed by atoms with van der Waals surface area (Å²) in [6.07, 6.45) is -3.79. The molecule has 12 heteroatoms. The Bertz CT molecular complexity index is 1590. The van der Waals surface area contributed by atoms with Crippen LogP contribution in [0.5, 0.6) is 0 Å². The number of carboxylic acids is 1. The molecule has 0 bridgehead atoms. The predicted molar refractivity (Wildman–Crippen MR) is 136 cm³/mol. The van der Waals surface area contributed by atoms with Gasteiger partial charge in [-0.1, -0.05) is 18.2 Å². The molecule has 0 saturated heterocycles. The lowest BCUT2D eigenvalue weighted by molar-refractivity contribution is -0.138. The van der Waals surface area contributed by atoms with Crippen molar-refractivity contribution in [3.63, 3.8) is 0 Å². The zero-order valence-corrected chi connectivity index (χ0v) is 21.6. The molecule has 206 valence electrons. The second-order valence-corrected chi connectivity index (χ2v) is 11.6. The lowest BCUT2D eigenvalue weighted by atomic mass is 10.0. The number of carbonyl (C=O) groups is 2. The largest absolute Gasteiger partial charge is 0.481 e. The Labute approximate surface area is 222 Å². The van der Waals surface area contributed by atoms with Crippen LogP contribution in [0.4, 0.5) is 13.2 Å². The number of carbonyl (C=O) groups excluding carboxylic acids is 1. The first-order valence-electron chi connectivity index (χ1n) is 12.0. The summed E-state index contributed by atoms with van der Waals surface area (Å²) >= 11 is 0. The van der Waals surface area contributed by atoms with Crippen LogP contribution in [0, 0.1) is 6.92 Å². The van der Waals surface area contributed by atoms with Crippen LogP contribution in [0.2, 0.25) is 0 Å². The number of rotatable bonds is 9. The van der Waals surface area contributed by atoms with Crippen molar-refractivity contribution in [2.24, 2.45) is 0 Å². The van der Waals surface area contributed by atoms with Crippen LogP contribution in [-0.4, -0.2) is 35.2 Å². The van der Waals surface area contributed by atoms with Crippen LogP contribution in [0.3, 0.4) is 0 Å². The summed E-state index contributed by atoms with van der Waals surface area (Å²) in [5.74, 6) is -1.93. The van der Waals surface area contributed by atoms with E-state index >= 15 is 0 Å². The Morgan fingerprint density at radius 1 is 1.08 bits per heavy atom. The first-order chi connectivity index (χ1) is 18.3. The third-order valence-corrected chi connectivity index (χ3v) is 8.78. The van der Waals surface area contributed by atoms with Gasteiger partial charge in [0.2, 0.25) is 0 Å². The molecule has 1 amide bonds. The quantitative estimate of drug-likeness (QED) is 0.406. The summed E-state index contributed by atoms with van der Waals surface area (Å²) in [6, 6.07) is 11.3. The van der Waals surface area contributed by atoms with E-state index in [-0.39, 0.29) is 46.5 Å². The smallest absolute Gasteiger partial charge is 0.416 e. The number of benzene rings is 2. The van der Waals surface area contributed by atoms with Gasteiger partial charge in [0.15, 0.2) is 9.84 Å². The van der Waals surface area contributed by atoms with Gasteiger partial charge in [-0.25, -0.2) is 8.42 Å². The number of sulfone groups is 1. The van der Waals surface area contributed by atoms with E-state index in [0.29, 0.717) is 24.0 Å². The molecule has 0 unspecified atom stereocenters. The Morgan fingerprint density at radius 2 is 1.74 bits per heavy atom. The number of aliphatic carboxylic acids is 1. The second-order valence-electron chi connectivity index (χ2n) is 9.32. The van der Waals surface area contributed by atoms with Gasteiger partial charge in [-0.2, -0.15) is 13.2 Å². The highest BCUT2D eigenvalue weighted by atomic mass is 32.2. The van der Waals surface area contributed by atoms with Crippen LogP contribution in [0.15, 0.2) is 64.3 Å². The maximum absolute atomic E-state index is 13.4. The molecular weight excluding hydrogens is 537 g/mol. The standard InChI is InChI=1S/C27H25F3N2O6S/c1-16-18(7-12-24(33)34)13-23(26(36)32(16)20-4-2-3-19(14-20)27(28,29)30)25(35)31-15-17-5-8-21(9-6-17)39(37,38)22-10-11-22/h2-6,8-9,13-14,22H,7,10-12,15H2,1H3,(H,31,35)(H,33,34). The predicted octanol–water partition coefficient (Wildman–Crippen LogP) is 4.05. The molecule has 39 heavy (non-hydrogen) atoms. The molecule has 1 saturated carbocycles. The van der Waals surface area contributed by atoms with E-state index < -0.39 is 39.0 Å². The number of aromatic nitrogens is 1. The first-order valence-corrected chi connectivity index (χ1v) is 13.6. The molecule has 1 fully saturated rings. The van der Waals surface area contributed by atoms with Gasteiger partial charge in [0.1, 0.15) is 5.56 Å². The van der Waals surface area contributed by atoms with Crippen LogP contribution in [-0.2, 0) is 33.8 Å². The van der Waals surface area contributed by atoms with Gasteiger partial charge in [0.05, 0.1) is 15.7 Å². The third kappa shape index (κ3) is 6.22. The van der Waals surface area contributed by atoms with Crippen molar-refractivity contribution in [2.45, 2.75) is 55.5 Å². The van der Waals surface area contributed by atoms with Gasteiger partial charge in [-0.05, 0) is 73.7 Å². The van der Waals surface area contributed by atoms with Crippen LogP contribution >= 0.6 is 0 Å². The van der Waals surface area contributed by atoms with Crippen molar-refractivity contribution < 1.29 is 36.3 Å². The van der Waals surface area contributed by atoms with E-state index in [9.17, 15) is 36.0 Å². The molecular formula is C27H25F3N2O6S. The van der Waals surface area contributed by atoms with Crippen molar-refractivity contribution in [3.05, 3.63) is 92.9 Å². The minimum atomic E-state index is -4.66. The highest BCUT2D eigenvalue weighted by molar-refractivity contribution is 7.92. The number of amides is 1. The van der Waals surface area contributed by atoms with Crippen molar-refractivity contribution >= 4 is 21.7 Å². The maximum Gasteiger partial charge on any atom is 0.416 e. The molecule has 0 spiro atoms. The van der Waals surface area contributed by atoms with E-state index in [1.807, 2.05) is 0 Å². The Morgan fingerprint density at radius 3 is 2.33 bits per heavy atom. The minimum Gasteiger partial charge on any atom is -0.481 e. The summed E-state index contributed by atoms with van der Waals surface area (Å²) in [4.78, 5) is 37.8. The van der Waals surface area contributed by atoms with Gasteiger partial charge < -0.3 is 10.4 Å². The number of halogens is 3. The van der Waals surface area contributed by atoms with Gasteiger partial charge in [0.25, 0.3) is 11.5 Å². The van der Waals surface area contributed by atoms with Crippen molar-refractivity contribution in [3.8, 4) is 5.69 Å². The molecule has 1 heterocycles. The highest BCUT2D eigenvalue weighted by Gasteiger charge is 2.36. The third-order valence-electron chi connectivity index (χ3n) is 6.50. The SMILES string of the molecule is Cc1c(CCC(=O)O)cc(C(=O)NCc2ccc(S(=O)(=O)C3CC3)cc2)c(=O)n1-c1cccc(C(F)(F)F)c1. The number of nitrogens with zero attached hydrogens (tertiary/aromatic N) is 1. The summed E-state index contributed by atoms with van der Waals surface area (Å²) in [7, 11) is -3.37. The fourth-order valence-electron chi connectivity index (χ4n) is 4.19. The number of hydrogen-bond acceptors (Lipinski definition) is 5. The molecule has 0 radical (unpaired) electrons. The van der Waals surface area contributed by atoms with E-state index in [1.54, 1.807) is 12.1 Å². The molecule has 1 aliphatic carbocycles. The summed E-state index contributed by atoms with van der Waals surface area (Å²) in [5.41, 5.74) is -1.25. The fraction of sp³-hybridized carbons (Fsp3) is 0.296. The lowest BCUT2D eigenvalue weighted by Crippen LogP contribution is -2.34. The average molecular weight is 563 g/mol.